The van der Waals surface area contributed by atoms with E-state index in [4.69, 9.17) is 14.2 Å². The van der Waals surface area contributed by atoms with E-state index in [1.807, 2.05) is 6.07 Å². The van der Waals surface area contributed by atoms with E-state index < -0.39 is 17.6 Å². The first-order chi connectivity index (χ1) is 14.5. The molecular weight excluding hydrogens is 396 g/mol. The molecule has 3 aromatic rings. The molecule has 2 aromatic carbocycles. The lowest BCUT2D eigenvalue weighted by atomic mass is 10.1. The van der Waals surface area contributed by atoms with Gasteiger partial charge in [-0.3, -0.25) is 9.48 Å². The van der Waals surface area contributed by atoms with Crippen LogP contribution in [-0.2, 0) is 16.1 Å². The van der Waals surface area contributed by atoms with Crippen LogP contribution in [0.3, 0.4) is 0 Å². The summed E-state index contributed by atoms with van der Waals surface area (Å²) in [7, 11) is 0. The number of hydrogen-bond acceptors (Lipinski definition) is 6. The third-order valence-electron chi connectivity index (χ3n) is 4.39. The number of ether oxygens (including phenoxy) is 3. The fourth-order valence-corrected chi connectivity index (χ4v) is 3.08. The van der Waals surface area contributed by atoms with Crippen molar-refractivity contribution in [2.75, 3.05) is 25.1 Å². The average Bonchev–Trinajstić information content (AvgIpc) is 3.12. The van der Waals surface area contributed by atoms with Crippen molar-refractivity contribution < 1.29 is 27.8 Å². The number of nitrogens with zero attached hydrogens (tertiary/aromatic N) is 2. The molecule has 0 spiro atoms. The van der Waals surface area contributed by atoms with E-state index in [9.17, 15) is 13.6 Å². The van der Waals surface area contributed by atoms with E-state index >= 15 is 0 Å². The molecule has 30 heavy (non-hydrogen) atoms. The van der Waals surface area contributed by atoms with E-state index in [1.54, 1.807) is 25.1 Å². The van der Waals surface area contributed by atoms with E-state index in [0.717, 1.165) is 17.7 Å². The highest BCUT2D eigenvalue weighted by atomic mass is 19.2. The van der Waals surface area contributed by atoms with Crippen molar-refractivity contribution in [1.29, 1.82) is 0 Å². The highest BCUT2D eigenvalue weighted by Gasteiger charge is 2.18. The van der Waals surface area contributed by atoms with Crippen molar-refractivity contribution in [2.45, 2.75) is 13.5 Å². The Labute approximate surface area is 171 Å². The smallest absolute Gasteiger partial charge is 0.327 e. The number of esters is 1. The molecule has 0 saturated carbocycles. The molecule has 0 atom stereocenters. The van der Waals surface area contributed by atoms with Crippen LogP contribution in [0.5, 0.6) is 11.5 Å². The first-order valence-corrected chi connectivity index (χ1v) is 9.39. The molecular formula is C21H19F2N3O4. The maximum Gasteiger partial charge on any atom is 0.327 e. The van der Waals surface area contributed by atoms with Crippen LogP contribution in [0.1, 0.15) is 6.92 Å². The fraction of sp³-hybridized carbons (Fsp3) is 0.238. The van der Waals surface area contributed by atoms with Gasteiger partial charge in [0.1, 0.15) is 19.8 Å². The van der Waals surface area contributed by atoms with Gasteiger partial charge < -0.3 is 19.5 Å². The maximum atomic E-state index is 13.5. The van der Waals surface area contributed by atoms with E-state index in [1.165, 1.54) is 10.7 Å². The molecule has 4 rings (SSSR count). The Morgan fingerprint density at radius 3 is 2.67 bits per heavy atom. The van der Waals surface area contributed by atoms with Crippen LogP contribution in [0.25, 0.3) is 11.3 Å². The van der Waals surface area contributed by atoms with Gasteiger partial charge in [0.25, 0.3) is 0 Å². The van der Waals surface area contributed by atoms with E-state index in [2.05, 4.69) is 10.4 Å². The van der Waals surface area contributed by atoms with Crippen LogP contribution in [0.15, 0.2) is 42.5 Å². The lowest BCUT2D eigenvalue weighted by Gasteiger charge is -2.19. The molecule has 0 amide bonds. The molecule has 2 heterocycles. The van der Waals surface area contributed by atoms with Crippen molar-refractivity contribution >= 4 is 17.5 Å². The maximum absolute atomic E-state index is 13.5. The Morgan fingerprint density at radius 1 is 1.10 bits per heavy atom. The summed E-state index contributed by atoms with van der Waals surface area (Å²) in [5.41, 5.74) is 1.68. The zero-order valence-electron chi connectivity index (χ0n) is 16.2. The van der Waals surface area contributed by atoms with Gasteiger partial charge in [0.05, 0.1) is 12.3 Å². The first kappa shape index (κ1) is 19.7. The van der Waals surface area contributed by atoms with Crippen molar-refractivity contribution in [1.82, 2.24) is 9.78 Å². The molecule has 0 bridgehead atoms. The number of aromatic nitrogens is 2. The van der Waals surface area contributed by atoms with Crippen molar-refractivity contribution in [3.05, 3.63) is 54.1 Å². The number of carbonyl (C=O) groups excluding carboxylic acids is 1. The number of anilines is 2. The Morgan fingerprint density at radius 2 is 1.90 bits per heavy atom. The number of rotatable bonds is 6. The van der Waals surface area contributed by atoms with Crippen molar-refractivity contribution in [3.63, 3.8) is 0 Å². The van der Waals surface area contributed by atoms with Gasteiger partial charge in [0.2, 0.25) is 0 Å². The number of halogens is 2. The number of hydrogen-bond donors (Lipinski definition) is 1. The fourth-order valence-electron chi connectivity index (χ4n) is 3.08. The topological polar surface area (TPSA) is 74.6 Å². The standard InChI is InChI=1S/C21H19F2N3O4/c1-2-28-21(27)12-26-17(13-3-6-18-19(9-13)30-8-7-29-18)11-20(25-26)24-14-4-5-15(22)16(23)10-14/h3-6,9-11H,2,7-8,12H2,1H3,(H,24,25). The number of fused-ring (bicyclic) bond motifs is 1. The highest BCUT2D eigenvalue weighted by molar-refractivity contribution is 5.73. The predicted octanol–water partition coefficient (Wildman–Crippen LogP) is 3.91. The SMILES string of the molecule is CCOC(=O)Cn1nc(Nc2ccc(F)c(F)c2)cc1-c1ccc2c(c1)OCCO2. The minimum Gasteiger partial charge on any atom is -0.486 e. The zero-order valence-corrected chi connectivity index (χ0v) is 16.2. The van der Waals surface area contributed by atoms with Gasteiger partial charge in [-0.15, -0.1) is 0 Å². The zero-order chi connectivity index (χ0) is 21.1. The summed E-state index contributed by atoms with van der Waals surface area (Å²) in [4.78, 5) is 12.0. The van der Waals surface area contributed by atoms with E-state index in [0.29, 0.717) is 41.9 Å². The first-order valence-electron chi connectivity index (χ1n) is 9.39. The average molecular weight is 415 g/mol. The second kappa shape index (κ2) is 8.40. The number of carbonyl (C=O) groups is 1. The second-order valence-electron chi connectivity index (χ2n) is 6.49. The lowest BCUT2D eigenvalue weighted by Crippen LogP contribution is -2.16. The van der Waals surface area contributed by atoms with Crippen molar-refractivity contribution in [3.8, 4) is 22.8 Å². The summed E-state index contributed by atoms with van der Waals surface area (Å²) in [5, 5.41) is 7.31. The molecule has 7 nitrogen and oxygen atoms in total. The summed E-state index contributed by atoms with van der Waals surface area (Å²) < 4.78 is 44.4. The number of benzene rings is 2. The molecule has 156 valence electrons. The third-order valence-corrected chi connectivity index (χ3v) is 4.39. The van der Waals surface area contributed by atoms with Gasteiger partial charge in [-0.2, -0.15) is 5.10 Å². The normalized spacial score (nSPS) is 12.5. The molecule has 0 radical (unpaired) electrons. The minimum atomic E-state index is -0.974. The number of nitrogens with one attached hydrogen (secondary N) is 1. The summed E-state index contributed by atoms with van der Waals surface area (Å²) in [5.74, 6) is -0.767. The van der Waals surface area contributed by atoms with Gasteiger partial charge >= 0.3 is 5.97 Å². The molecule has 1 aliphatic rings. The molecule has 0 saturated heterocycles. The van der Waals surface area contributed by atoms with Gasteiger partial charge in [-0.05, 0) is 37.3 Å². The summed E-state index contributed by atoms with van der Waals surface area (Å²) in [6, 6.07) is 10.6. The van der Waals surface area contributed by atoms with Crippen LogP contribution >= 0.6 is 0 Å². The predicted molar refractivity (Wildman–Crippen MR) is 105 cm³/mol. The van der Waals surface area contributed by atoms with Crippen LogP contribution < -0.4 is 14.8 Å². The lowest BCUT2D eigenvalue weighted by molar-refractivity contribution is -0.144. The third kappa shape index (κ3) is 4.19. The van der Waals surface area contributed by atoms with Crippen LogP contribution in [0.2, 0.25) is 0 Å². The Kier molecular flexibility index (Phi) is 5.51. The van der Waals surface area contributed by atoms with E-state index in [-0.39, 0.29) is 13.2 Å². The highest BCUT2D eigenvalue weighted by Crippen LogP contribution is 2.35. The second-order valence-corrected chi connectivity index (χ2v) is 6.49. The molecule has 1 aromatic heterocycles. The Hall–Kier alpha value is -3.62. The molecule has 1 N–H and O–H groups in total. The Balaban J connectivity index is 1.68. The van der Waals surface area contributed by atoms with Crippen molar-refractivity contribution in [2.24, 2.45) is 0 Å². The summed E-state index contributed by atoms with van der Waals surface area (Å²) in [6.07, 6.45) is 0. The Bertz CT molecular complexity index is 1080. The van der Waals surface area contributed by atoms with Gasteiger partial charge in [0.15, 0.2) is 29.0 Å². The van der Waals surface area contributed by atoms with Gasteiger partial charge in [0, 0.05) is 23.4 Å². The molecule has 1 aliphatic heterocycles. The molecule has 9 heteroatoms. The molecule has 0 aliphatic carbocycles. The summed E-state index contributed by atoms with van der Waals surface area (Å²) >= 11 is 0. The van der Waals surface area contributed by atoms with Gasteiger partial charge in [-0.1, -0.05) is 0 Å². The quantitative estimate of drug-likeness (QED) is 0.616. The monoisotopic (exact) mass is 415 g/mol. The summed E-state index contributed by atoms with van der Waals surface area (Å²) in [6.45, 7) is 2.78. The van der Waals surface area contributed by atoms with Crippen LogP contribution in [0.4, 0.5) is 20.3 Å². The van der Waals surface area contributed by atoms with Gasteiger partial charge in [-0.25, -0.2) is 8.78 Å². The largest absolute Gasteiger partial charge is 0.486 e. The van der Waals surface area contributed by atoms with Crippen LogP contribution in [0, 0.1) is 11.6 Å². The molecule has 0 unspecified atom stereocenters. The minimum absolute atomic E-state index is 0.114. The molecule has 0 fully saturated rings. The van der Waals surface area contributed by atoms with Crippen LogP contribution in [-0.4, -0.2) is 35.6 Å².